The summed E-state index contributed by atoms with van der Waals surface area (Å²) in [7, 11) is -0.635. The van der Waals surface area contributed by atoms with Crippen molar-refractivity contribution in [3.63, 3.8) is 0 Å². The van der Waals surface area contributed by atoms with Crippen molar-refractivity contribution >= 4 is 23.3 Å². The Kier molecular flexibility index (Phi) is 11.0. The third-order valence-corrected chi connectivity index (χ3v) is 9.43. The SMILES string of the molecule is C=O.CC1(COc2ccc3c(c2)CCCc2ccc(CNc4ccccc4)cc2-3)CCS(=O)CC1.OCC1CC1. The minimum absolute atomic E-state index is 0.133. The lowest BCUT2D eigenvalue weighted by Gasteiger charge is -2.32. The molecule has 3 aromatic carbocycles. The minimum Gasteiger partial charge on any atom is -0.493 e. The van der Waals surface area contributed by atoms with Gasteiger partial charge in [0.15, 0.2) is 0 Å². The molecule has 1 heterocycles. The molecule has 40 heavy (non-hydrogen) atoms. The molecule has 1 aliphatic heterocycles. The highest BCUT2D eigenvalue weighted by molar-refractivity contribution is 7.85. The summed E-state index contributed by atoms with van der Waals surface area (Å²) in [5.74, 6) is 3.27. The Balaban J connectivity index is 0.000000469. The van der Waals surface area contributed by atoms with Crippen LogP contribution in [0.5, 0.6) is 5.75 Å². The number of fused-ring (bicyclic) bond motifs is 3. The molecule has 0 radical (unpaired) electrons. The second kappa shape index (κ2) is 14.6. The second-order valence-electron chi connectivity index (χ2n) is 11.5. The Morgan fingerprint density at radius 1 is 0.950 bits per heavy atom. The van der Waals surface area contributed by atoms with Crippen molar-refractivity contribution in [2.24, 2.45) is 11.3 Å². The van der Waals surface area contributed by atoms with Crippen LogP contribution in [-0.4, -0.2) is 40.8 Å². The number of hydrogen-bond acceptors (Lipinski definition) is 5. The van der Waals surface area contributed by atoms with Crippen LogP contribution in [0.4, 0.5) is 5.69 Å². The molecule has 1 saturated carbocycles. The number of nitrogens with one attached hydrogen (secondary N) is 1. The van der Waals surface area contributed by atoms with E-state index in [4.69, 9.17) is 14.6 Å². The minimum atomic E-state index is -0.635. The van der Waals surface area contributed by atoms with Crippen LogP contribution in [0.2, 0.25) is 0 Å². The lowest BCUT2D eigenvalue weighted by Crippen LogP contribution is -2.33. The maximum Gasteiger partial charge on any atom is 0.119 e. The molecule has 214 valence electrons. The molecule has 2 fully saturated rings. The van der Waals surface area contributed by atoms with Crippen molar-refractivity contribution in [1.29, 1.82) is 0 Å². The highest BCUT2D eigenvalue weighted by Gasteiger charge is 2.30. The smallest absolute Gasteiger partial charge is 0.119 e. The van der Waals surface area contributed by atoms with E-state index in [1.54, 1.807) is 0 Å². The Hall–Kier alpha value is -2.96. The first-order valence-corrected chi connectivity index (χ1v) is 15.9. The summed E-state index contributed by atoms with van der Waals surface area (Å²) in [6, 6.07) is 23.9. The van der Waals surface area contributed by atoms with E-state index in [-0.39, 0.29) is 5.41 Å². The number of anilines is 1. The summed E-state index contributed by atoms with van der Waals surface area (Å²) in [4.78, 5) is 8.00. The van der Waals surface area contributed by atoms with Gasteiger partial charge in [-0.2, -0.15) is 0 Å². The van der Waals surface area contributed by atoms with E-state index in [2.05, 4.69) is 72.9 Å². The van der Waals surface area contributed by atoms with Crippen molar-refractivity contribution in [3.05, 3.63) is 83.4 Å². The molecule has 0 spiro atoms. The van der Waals surface area contributed by atoms with Gasteiger partial charge in [0.05, 0.1) is 6.61 Å². The average Bonchev–Trinajstić information content (AvgIpc) is 3.86. The van der Waals surface area contributed by atoms with Gasteiger partial charge in [0.25, 0.3) is 0 Å². The molecule has 0 unspecified atom stereocenters. The molecular weight excluding hydrogens is 518 g/mol. The zero-order valence-corrected chi connectivity index (χ0v) is 24.5. The summed E-state index contributed by atoms with van der Waals surface area (Å²) in [6.07, 6.45) is 7.84. The fraction of sp³-hybridized carbons (Fsp3) is 0.441. The van der Waals surface area contributed by atoms with E-state index in [1.165, 1.54) is 40.7 Å². The van der Waals surface area contributed by atoms with E-state index < -0.39 is 10.8 Å². The summed E-state index contributed by atoms with van der Waals surface area (Å²) in [5, 5.41) is 11.7. The summed E-state index contributed by atoms with van der Waals surface area (Å²) in [6.45, 7) is 6.21. The van der Waals surface area contributed by atoms with Crippen molar-refractivity contribution in [2.45, 2.75) is 58.4 Å². The van der Waals surface area contributed by atoms with E-state index >= 15 is 0 Å². The predicted octanol–water partition coefficient (Wildman–Crippen LogP) is 6.59. The number of rotatable bonds is 7. The molecule has 6 rings (SSSR count). The fourth-order valence-electron chi connectivity index (χ4n) is 5.21. The number of aliphatic hydroxyl groups is 1. The van der Waals surface area contributed by atoms with Gasteiger partial charge < -0.3 is 20.0 Å². The highest BCUT2D eigenvalue weighted by Crippen LogP contribution is 2.37. The molecular formula is C34H43NO4S. The van der Waals surface area contributed by atoms with Crippen molar-refractivity contribution < 1.29 is 18.8 Å². The number of ether oxygens (including phenoxy) is 1. The van der Waals surface area contributed by atoms with Gasteiger partial charge in [0.2, 0.25) is 0 Å². The number of aliphatic hydroxyl groups excluding tert-OH is 1. The van der Waals surface area contributed by atoms with Crippen molar-refractivity contribution in [3.8, 4) is 16.9 Å². The first-order valence-electron chi connectivity index (χ1n) is 14.4. The Labute approximate surface area is 241 Å². The Morgan fingerprint density at radius 2 is 1.68 bits per heavy atom. The predicted molar refractivity (Wildman–Crippen MR) is 165 cm³/mol. The fourth-order valence-corrected chi connectivity index (χ4v) is 6.86. The van der Waals surface area contributed by atoms with Crippen molar-refractivity contribution in [2.75, 3.05) is 30.0 Å². The van der Waals surface area contributed by atoms with Crippen LogP contribution in [-0.2, 0) is 35.0 Å². The Morgan fingerprint density at radius 3 is 2.35 bits per heavy atom. The number of aryl methyl sites for hydroxylation is 2. The highest BCUT2D eigenvalue weighted by atomic mass is 32.2. The van der Waals surface area contributed by atoms with Gasteiger partial charge in [-0.25, -0.2) is 0 Å². The number of carbonyl (C=O) groups excluding carboxylic acids is 1. The number of carbonyl (C=O) groups is 1. The van der Waals surface area contributed by atoms with E-state index in [1.807, 2.05) is 12.9 Å². The molecule has 3 aliphatic rings. The van der Waals surface area contributed by atoms with Gasteiger partial charge >= 0.3 is 0 Å². The first-order chi connectivity index (χ1) is 19.5. The van der Waals surface area contributed by atoms with E-state index in [0.717, 1.165) is 61.6 Å². The molecule has 2 aliphatic carbocycles. The van der Waals surface area contributed by atoms with Crippen LogP contribution in [0.25, 0.3) is 11.1 Å². The van der Waals surface area contributed by atoms with Gasteiger partial charge in [0.1, 0.15) is 12.5 Å². The van der Waals surface area contributed by atoms with Crippen LogP contribution < -0.4 is 10.1 Å². The molecule has 5 nitrogen and oxygen atoms in total. The van der Waals surface area contributed by atoms with E-state index in [0.29, 0.717) is 19.1 Å². The second-order valence-corrected chi connectivity index (χ2v) is 13.2. The lowest BCUT2D eigenvalue weighted by atomic mass is 9.85. The number of hydrogen-bond donors (Lipinski definition) is 2. The summed E-state index contributed by atoms with van der Waals surface area (Å²) < 4.78 is 18.0. The van der Waals surface area contributed by atoms with Gasteiger partial charge in [-0.3, -0.25) is 4.21 Å². The maximum absolute atomic E-state index is 11.7. The van der Waals surface area contributed by atoms with Crippen LogP contribution >= 0.6 is 0 Å². The molecule has 0 atom stereocenters. The molecule has 0 amide bonds. The molecule has 1 saturated heterocycles. The van der Waals surface area contributed by atoms with Gasteiger partial charge in [0, 0.05) is 46.6 Å². The zero-order valence-electron chi connectivity index (χ0n) is 23.7. The van der Waals surface area contributed by atoms with Crippen LogP contribution in [0.1, 0.15) is 55.7 Å². The average molecular weight is 562 g/mol. The molecule has 6 heteroatoms. The standard InChI is InChI=1S/C29H33NO2S.C4H8O.CH2O/c1-29(14-16-33(31)17-15-29)21-32-26-12-13-27-24(19-26)7-5-6-23-11-10-22(18-28(23)27)20-30-25-8-3-2-4-9-25;5-3-4-1-2-4;1-2/h2-4,8-13,18-19,30H,5-7,14-17,20-21H2,1H3;4-5H,1-3H2;1H2. The third-order valence-electron chi connectivity index (χ3n) is 8.11. The van der Waals surface area contributed by atoms with Crippen LogP contribution in [0.3, 0.4) is 0 Å². The summed E-state index contributed by atoms with van der Waals surface area (Å²) >= 11 is 0. The largest absolute Gasteiger partial charge is 0.493 e. The molecule has 0 aromatic heterocycles. The normalized spacial score (nSPS) is 21.2. The van der Waals surface area contributed by atoms with Crippen LogP contribution in [0, 0.1) is 11.3 Å². The van der Waals surface area contributed by atoms with Crippen LogP contribution in [0.15, 0.2) is 66.7 Å². The first kappa shape index (κ1) is 30.0. The summed E-state index contributed by atoms with van der Waals surface area (Å²) in [5.41, 5.74) is 8.11. The van der Waals surface area contributed by atoms with Gasteiger partial charge in [-0.1, -0.05) is 43.3 Å². The number of benzene rings is 3. The number of para-hydroxylation sites is 1. The molecule has 2 N–H and O–H groups in total. The quantitative estimate of drug-likeness (QED) is 0.341. The maximum atomic E-state index is 11.7. The van der Waals surface area contributed by atoms with Gasteiger partial charge in [-0.15, -0.1) is 0 Å². The third kappa shape index (κ3) is 8.52. The van der Waals surface area contributed by atoms with Gasteiger partial charge in [-0.05, 0) is 109 Å². The zero-order chi connectivity index (χ0) is 28.4. The lowest BCUT2D eigenvalue weighted by molar-refractivity contribution is -0.0980. The molecule has 0 bridgehead atoms. The topological polar surface area (TPSA) is 75.6 Å². The monoisotopic (exact) mass is 561 g/mol. The van der Waals surface area contributed by atoms with Crippen molar-refractivity contribution in [1.82, 2.24) is 0 Å². The Bertz CT molecular complexity index is 1250. The van der Waals surface area contributed by atoms with E-state index in [9.17, 15) is 4.21 Å². The molecule has 3 aromatic rings.